The van der Waals surface area contributed by atoms with Crippen LogP contribution in [0, 0.1) is 0 Å². The highest BCUT2D eigenvalue weighted by atomic mass is 16.5. The Morgan fingerprint density at radius 1 is 1.24 bits per heavy atom. The van der Waals surface area contributed by atoms with E-state index in [0.29, 0.717) is 5.82 Å². The van der Waals surface area contributed by atoms with Crippen molar-refractivity contribution in [1.82, 2.24) is 20.2 Å². The third-order valence-electron chi connectivity index (χ3n) is 5.48. The van der Waals surface area contributed by atoms with E-state index >= 15 is 0 Å². The van der Waals surface area contributed by atoms with Crippen LogP contribution in [0.5, 0.6) is 5.75 Å². The maximum atomic E-state index is 12.2. The summed E-state index contributed by atoms with van der Waals surface area (Å²) in [4.78, 5) is 36.7. The predicted octanol–water partition coefficient (Wildman–Crippen LogP) is 2.73. The van der Waals surface area contributed by atoms with Crippen molar-refractivity contribution in [1.29, 1.82) is 0 Å². The van der Waals surface area contributed by atoms with Gasteiger partial charge in [0.1, 0.15) is 11.6 Å². The number of amides is 3. The lowest BCUT2D eigenvalue weighted by molar-refractivity contribution is 0.0996. The molecule has 10 heteroatoms. The van der Waals surface area contributed by atoms with Gasteiger partial charge in [0.2, 0.25) is 0 Å². The summed E-state index contributed by atoms with van der Waals surface area (Å²) in [6, 6.07) is 7.20. The van der Waals surface area contributed by atoms with Crippen molar-refractivity contribution in [3.05, 3.63) is 36.2 Å². The number of nitrogens with zero attached hydrogens (tertiary/aromatic N) is 4. The van der Waals surface area contributed by atoms with Crippen molar-refractivity contribution in [2.75, 3.05) is 30.9 Å². The van der Waals surface area contributed by atoms with Gasteiger partial charge in [0.25, 0.3) is 5.91 Å². The standard InChI is InChI=1S/C23H33N7O3/c1-14(2)33-17-10-8-16(9-11-17)26-22-20(21(24)31)25-13-19(28-22)30-12-6-7-18(15(30)3)27-23(32)29(4)5/h8-11,13-15,18H,6-7,12H2,1-5H3,(H2,24,31)(H,26,28)(H,27,32). The van der Waals surface area contributed by atoms with Gasteiger partial charge in [-0.05, 0) is 57.9 Å². The summed E-state index contributed by atoms with van der Waals surface area (Å²) in [6.07, 6.45) is 3.39. The summed E-state index contributed by atoms with van der Waals surface area (Å²) in [5, 5.41) is 6.22. The molecular weight excluding hydrogens is 422 g/mol. The van der Waals surface area contributed by atoms with Crippen LogP contribution in [-0.2, 0) is 0 Å². The third-order valence-corrected chi connectivity index (χ3v) is 5.48. The molecule has 2 atom stereocenters. The van der Waals surface area contributed by atoms with Crippen molar-refractivity contribution in [3.63, 3.8) is 0 Å². The minimum atomic E-state index is -0.667. The van der Waals surface area contributed by atoms with E-state index in [4.69, 9.17) is 10.5 Å². The molecule has 2 aromatic rings. The number of primary amides is 1. The quantitative estimate of drug-likeness (QED) is 0.586. The molecule has 1 aliphatic heterocycles. The summed E-state index contributed by atoms with van der Waals surface area (Å²) in [7, 11) is 3.43. The maximum absolute atomic E-state index is 12.2. The predicted molar refractivity (Wildman–Crippen MR) is 128 cm³/mol. The van der Waals surface area contributed by atoms with Crippen molar-refractivity contribution in [2.24, 2.45) is 5.73 Å². The van der Waals surface area contributed by atoms with Crippen molar-refractivity contribution in [2.45, 2.75) is 51.8 Å². The SMILES string of the molecule is CC(C)Oc1ccc(Nc2nc(N3CCCC(NC(=O)N(C)C)C3C)cnc2C(N)=O)cc1. The van der Waals surface area contributed by atoms with E-state index in [2.05, 4.69) is 25.5 Å². The molecule has 0 aliphatic carbocycles. The molecule has 1 saturated heterocycles. The van der Waals surface area contributed by atoms with Gasteiger partial charge >= 0.3 is 6.03 Å². The largest absolute Gasteiger partial charge is 0.491 e. The number of anilines is 3. The summed E-state index contributed by atoms with van der Waals surface area (Å²) in [5.74, 6) is 0.973. The van der Waals surface area contributed by atoms with Crippen LogP contribution in [0.3, 0.4) is 0 Å². The topological polar surface area (TPSA) is 126 Å². The highest BCUT2D eigenvalue weighted by molar-refractivity contribution is 5.96. The first-order chi connectivity index (χ1) is 15.7. The van der Waals surface area contributed by atoms with E-state index in [1.807, 2.05) is 45.0 Å². The second kappa shape index (κ2) is 10.4. The molecule has 2 unspecified atom stereocenters. The van der Waals surface area contributed by atoms with Crippen LogP contribution in [0.25, 0.3) is 0 Å². The van der Waals surface area contributed by atoms with Crippen LogP contribution in [-0.4, -0.2) is 65.6 Å². The van der Waals surface area contributed by atoms with Gasteiger partial charge in [-0.25, -0.2) is 14.8 Å². The van der Waals surface area contributed by atoms with E-state index in [0.717, 1.165) is 30.8 Å². The van der Waals surface area contributed by atoms with Crippen LogP contribution in [0.15, 0.2) is 30.5 Å². The second-order valence-corrected chi connectivity index (χ2v) is 8.63. The maximum Gasteiger partial charge on any atom is 0.317 e. The average molecular weight is 456 g/mol. The third kappa shape index (κ3) is 6.03. The first-order valence-corrected chi connectivity index (χ1v) is 11.1. The summed E-state index contributed by atoms with van der Waals surface area (Å²) >= 11 is 0. The number of benzene rings is 1. The number of hydrogen-bond donors (Lipinski definition) is 3. The van der Waals surface area contributed by atoms with Crippen molar-refractivity contribution >= 4 is 29.3 Å². The Bertz CT molecular complexity index is 979. The molecule has 2 heterocycles. The fourth-order valence-electron chi connectivity index (χ4n) is 3.76. The smallest absolute Gasteiger partial charge is 0.317 e. The van der Waals surface area contributed by atoms with Gasteiger partial charge in [-0.3, -0.25) is 4.79 Å². The molecule has 1 fully saturated rings. The number of hydrogen-bond acceptors (Lipinski definition) is 7. The van der Waals surface area contributed by atoms with Gasteiger partial charge in [-0.2, -0.15) is 0 Å². The van der Waals surface area contributed by atoms with Gasteiger partial charge in [0.05, 0.1) is 18.3 Å². The second-order valence-electron chi connectivity index (χ2n) is 8.63. The van der Waals surface area contributed by atoms with E-state index in [-0.39, 0.29) is 35.7 Å². The fraction of sp³-hybridized carbons (Fsp3) is 0.478. The Balaban J connectivity index is 1.83. The highest BCUT2D eigenvalue weighted by Crippen LogP contribution is 2.27. The minimum absolute atomic E-state index is 0.00306. The molecule has 1 aromatic heterocycles. The average Bonchev–Trinajstić information content (AvgIpc) is 2.76. The number of nitrogens with one attached hydrogen (secondary N) is 2. The number of aromatic nitrogens is 2. The summed E-state index contributed by atoms with van der Waals surface area (Å²) < 4.78 is 5.67. The molecule has 4 N–H and O–H groups in total. The van der Waals surface area contributed by atoms with Gasteiger partial charge < -0.3 is 30.9 Å². The zero-order valence-corrected chi connectivity index (χ0v) is 19.8. The molecular formula is C23H33N7O3. The molecule has 0 bridgehead atoms. The molecule has 10 nitrogen and oxygen atoms in total. The van der Waals surface area contributed by atoms with Crippen LogP contribution in [0.2, 0.25) is 0 Å². The molecule has 1 aromatic carbocycles. The van der Waals surface area contributed by atoms with Crippen LogP contribution in [0.1, 0.15) is 44.1 Å². The molecule has 178 valence electrons. The minimum Gasteiger partial charge on any atom is -0.491 e. The van der Waals surface area contributed by atoms with Crippen LogP contribution < -0.4 is 26.0 Å². The lowest BCUT2D eigenvalue weighted by Gasteiger charge is -2.40. The van der Waals surface area contributed by atoms with Crippen molar-refractivity contribution in [3.8, 4) is 5.75 Å². The van der Waals surface area contributed by atoms with E-state index in [1.54, 1.807) is 20.3 Å². The van der Waals surface area contributed by atoms with E-state index in [9.17, 15) is 9.59 Å². The molecule has 0 spiro atoms. The van der Waals surface area contributed by atoms with Gasteiger partial charge in [0.15, 0.2) is 11.5 Å². The fourth-order valence-corrected chi connectivity index (χ4v) is 3.76. The Morgan fingerprint density at radius 3 is 2.55 bits per heavy atom. The summed E-state index contributed by atoms with van der Waals surface area (Å²) in [5.41, 5.74) is 6.32. The van der Waals surface area contributed by atoms with E-state index in [1.165, 1.54) is 4.90 Å². The highest BCUT2D eigenvalue weighted by Gasteiger charge is 2.31. The number of carbonyl (C=O) groups is 2. The van der Waals surface area contributed by atoms with Crippen LogP contribution in [0.4, 0.5) is 22.1 Å². The molecule has 0 radical (unpaired) electrons. The number of urea groups is 1. The Morgan fingerprint density at radius 2 is 1.94 bits per heavy atom. The number of ether oxygens (including phenoxy) is 1. The Labute approximate surface area is 194 Å². The number of carbonyl (C=O) groups excluding carboxylic acids is 2. The normalized spacial score (nSPS) is 18.1. The lowest BCUT2D eigenvalue weighted by atomic mass is 9.97. The zero-order valence-electron chi connectivity index (χ0n) is 19.8. The Hall–Kier alpha value is -3.56. The van der Waals surface area contributed by atoms with E-state index < -0.39 is 5.91 Å². The number of piperidine rings is 1. The number of rotatable bonds is 7. The molecule has 3 amide bonds. The van der Waals surface area contributed by atoms with Gasteiger partial charge in [0, 0.05) is 32.4 Å². The lowest BCUT2D eigenvalue weighted by Crippen LogP contribution is -2.56. The number of nitrogens with two attached hydrogens (primary N) is 1. The Kier molecular flexibility index (Phi) is 7.57. The summed E-state index contributed by atoms with van der Waals surface area (Å²) in [6.45, 7) is 6.74. The molecule has 0 saturated carbocycles. The van der Waals surface area contributed by atoms with Crippen LogP contribution >= 0.6 is 0 Å². The first-order valence-electron chi connectivity index (χ1n) is 11.1. The van der Waals surface area contributed by atoms with Crippen molar-refractivity contribution < 1.29 is 14.3 Å². The first kappa shape index (κ1) is 24.1. The molecule has 3 rings (SSSR count). The van der Waals surface area contributed by atoms with Gasteiger partial charge in [-0.1, -0.05) is 0 Å². The van der Waals surface area contributed by atoms with Gasteiger partial charge in [-0.15, -0.1) is 0 Å². The molecule has 33 heavy (non-hydrogen) atoms. The monoisotopic (exact) mass is 455 g/mol. The molecule has 1 aliphatic rings. The zero-order chi connectivity index (χ0) is 24.1.